The van der Waals surface area contributed by atoms with Crippen molar-refractivity contribution in [3.05, 3.63) is 0 Å². The largest absolute Gasteiger partial charge is 0.481 e. The summed E-state index contributed by atoms with van der Waals surface area (Å²) in [5.74, 6) is -0.714. The van der Waals surface area contributed by atoms with Crippen LogP contribution in [0.25, 0.3) is 0 Å². The van der Waals surface area contributed by atoms with Gasteiger partial charge in [-0.05, 0) is 18.8 Å². The van der Waals surface area contributed by atoms with Gasteiger partial charge < -0.3 is 5.11 Å². The maximum Gasteiger partial charge on any atom is 0.307 e. The first kappa shape index (κ1) is 7.77. The van der Waals surface area contributed by atoms with E-state index in [0.717, 1.165) is 19.3 Å². The fraction of sp³-hybridized carbons (Fsp3) is 0.778. The summed E-state index contributed by atoms with van der Waals surface area (Å²) in [5.41, 5.74) is 0. The quantitative estimate of drug-likeness (QED) is 0.637. The molecular formula is C9H12O3. The third-order valence-electron chi connectivity index (χ3n) is 3.24. The van der Waals surface area contributed by atoms with E-state index in [2.05, 4.69) is 0 Å². The minimum atomic E-state index is -0.780. The number of carboxylic acids is 1. The van der Waals surface area contributed by atoms with E-state index in [1.54, 1.807) is 0 Å². The molecule has 3 unspecified atom stereocenters. The third-order valence-corrected chi connectivity index (χ3v) is 3.24. The summed E-state index contributed by atoms with van der Waals surface area (Å²) in [6, 6.07) is 0. The highest BCUT2D eigenvalue weighted by molar-refractivity contribution is 5.90. The monoisotopic (exact) mass is 168 g/mol. The van der Waals surface area contributed by atoms with Crippen LogP contribution in [0, 0.1) is 17.8 Å². The van der Waals surface area contributed by atoms with Gasteiger partial charge in [0.1, 0.15) is 5.78 Å². The van der Waals surface area contributed by atoms with Gasteiger partial charge in [-0.25, -0.2) is 0 Å². The minimum absolute atomic E-state index is 0.0890. The van der Waals surface area contributed by atoms with Crippen LogP contribution < -0.4 is 0 Å². The number of carbonyl (C=O) groups is 2. The number of ketones is 1. The Balaban J connectivity index is 2.20. The molecule has 0 heterocycles. The van der Waals surface area contributed by atoms with Crippen molar-refractivity contribution in [3.8, 4) is 0 Å². The van der Waals surface area contributed by atoms with Crippen LogP contribution in [-0.2, 0) is 9.59 Å². The van der Waals surface area contributed by atoms with Gasteiger partial charge in [-0.1, -0.05) is 6.42 Å². The van der Waals surface area contributed by atoms with Crippen LogP contribution in [0.4, 0.5) is 0 Å². The Kier molecular flexibility index (Phi) is 1.67. The summed E-state index contributed by atoms with van der Waals surface area (Å²) < 4.78 is 0. The molecule has 2 aliphatic carbocycles. The standard InChI is InChI=1S/C9H12O3/c10-8-4-7(9(11)12)5-2-1-3-6(5)8/h5-7H,1-4H2,(H,11,12). The van der Waals surface area contributed by atoms with Crippen molar-refractivity contribution in [3.63, 3.8) is 0 Å². The van der Waals surface area contributed by atoms with E-state index in [9.17, 15) is 9.59 Å². The fourth-order valence-corrected chi connectivity index (χ4v) is 2.66. The van der Waals surface area contributed by atoms with Gasteiger partial charge in [0.25, 0.3) is 0 Å². The van der Waals surface area contributed by atoms with Crippen LogP contribution >= 0.6 is 0 Å². The molecule has 0 spiro atoms. The number of fused-ring (bicyclic) bond motifs is 1. The van der Waals surface area contributed by atoms with Gasteiger partial charge in [-0.3, -0.25) is 9.59 Å². The van der Waals surface area contributed by atoms with Gasteiger partial charge in [-0.2, -0.15) is 0 Å². The Morgan fingerprint density at radius 2 is 2.17 bits per heavy atom. The maximum atomic E-state index is 11.3. The molecular weight excluding hydrogens is 156 g/mol. The van der Waals surface area contributed by atoms with Crippen LogP contribution in [0.2, 0.25) is 0 Å². The molecule has 0 amide bonds. The van der Waals surface area contributed by atoms with Gasteiger partial charge >= 0.3 is 5.97 Å². The predicted molar refractivity (Wildman–Crippen MR) is 41.6 cm³/mol. The Labute approximate surface area is 70.8 Å². The van der Waals surface area contributed by atoms with Crippen LogP contribution in [0.3, 0.4) is 0 Å². The molecule has 0 radical (unpaired) electrons. The first-order valence-corrected chi connectivity index (χ1v) is 4.45. The molecule has 3 nitrogen and oxygen atoms in total. The molecule has 2 saturated carbocycles. The number of Topliss-reactive ketones (excluding diaryl/α,β-unsaturated/α-hetero) is 1. The van der Waals surface area contributed by atoms with Crippen molar-refractivity contribution >= 4 is 11.8 Å². The van der Waals surface area contributed by atoms with E-state index in [1.807, 2.05) is 0 Å². The van der Waals surface area contributed by atoms with Gasteiger partial charge in [-0.15, -0.1) is 0 Å². The maximum absolute atomic E-state index is 11.3. The Morgan fingerprint density at radius 1 is 1.42 bits per heavy atom. The zero-order valence-electron chi connectivity index (χ0n) is 6.82. The highest BCUT2D eigenvalue weighted by Gasteiger charge is 2.47. The van der Waals surface area contributed by atoms with Crippen LogP contribution in [0.15, 0.2) is 0 Å². The van der Waals surface area contributed by atoms with Crippen molar-refractivity contribution < 1.29 is 14.7 Å². The number of rotatable bonds is 1. The highest BCUT2D eigenvalue weighted by atomic mass is 16.4. The lowest BCUT2D eigenvalue weighted by molar-refractivity contribution is -0.143. The summed E-state index contributed by atoms with van der Waals surface area (Å²) in [6.07, 6.45) is 3.18. The predicted octanol–water partition coefficient (Wildman–Crippen LogP) is 1.08. The van der Waals surface area contributed by atoms with Crippen molar-refractivity contribution in [2.24, 2.45) is 17.8 Å². The molecule has 0 aromatic heterocycles. The van der Waals surface area contributed by atoms with E-state index < -0.39 is 5.97 Å². The number of hydrogen-bond donors (Lipinski definition) is 1. The topological polar surface area (TPSA) is 54.4 Å². The number of carboxylic acid groups (broad SMARTS) is 1. The molecule has 66 valence electrons. The van der Waals surface area contributed by atoms with E-state index in [-0.39, 0.29) is 30.0 Å². The average molecular weight is 168 g/mol. The zero-order chi connectivity index (χ0) is 8.72. The molecule has 3 atom stereocenters. The van der Waals surface area contributed by atoms with Gasteiger partial charge in [0.2, 0.25) is 0 Å². The van der Waals surface area contributed by atoms with E-state index in [4.69, 9.17) is 5.11 Å². The van der Waals surface area contributed by atoms with E-state index >= 15 is 0 Å². The zero-order valence-corrected chi connectivity index (χ0v) is 6.82. The minimum Gasteiger partial charge on any atom is -0.481 e. The molecule has 3 heteroatoms. The summed E-state index contributed by atoms with van der Waals surface area (Å²) in [5, 5.41) is 8.83. The summed E-state index contributed by atoms with van der Waals surface area (Å²) in [6.45, 7) is 0. The molecule has 2 aliphatic rings. The SMILES string of the molecule is O=C(O)C1CC(=O)C2CCCC12. The van der Waals surface area contributed by atoms with E-state index in [0.29, 0.717) is 0 Å². The van der Waals surface area contributed by atoms with E-state index in [1.165, 1.54) is 0 Å². The van der Waals surface area contributed by atoms with Gasteiger partial charge in [0.15, 0.2) is 0 Å². The lowest BCUT2D eigenvalue weighted by Crippen LogP contribution is -2.18. The smallest absolute Gasteiger partial charge is 0.307 e. The highest BCUT2D eigenvalue weighted by Crippen LogP contribution is 2.45. The van der Waals surface area contributed by atoms with Crippen LogP contribution in [0.5, 0.6) is 0 Å². The average Bonchev–Trinajstić information content (AvgIpc) is 2.53. The molecule has 0 aromatic carbocycles. The van der Waals surface area contributed by atoms with Crippen LogP contribution in [0.1, 0.15) is 25.7 Å². The summed E-state index contributed by atoms with van der Waals surface area (Å²) >= 11 is 0. The Bertz CT molecular complexity index is 234. The molecule has 2 fully saturated rings. The van der Waals surface area contributed by atoms with Crippen molar-refractivity contribution in [1.82, 2.24) is 0 Å². The summed E-state index contributed by atoms with van der Waals surface area (Å²) in [7, 11) is 0. The van der Waals surface area contributed by atoms with Crippen LogP contribution in [-0.4, -0.2) is 16.9 Å². The molecule has 2 rings (SSSR count). The molecule has 0 aliphatic heterocycles. The third kappa shape index (κ3) is 0.958. The number of hydrogen-bond acceptors (Lipinski definition) is 2. The Hall–Kier alpha value is -0.860. The first-order valence-electron chi connectivity index (χ1n) is 4.45. The lowest BCUT2D eigenvalue weighted by Gasteiger charge is -2.11. The van der Waals surface area contributed by atoms with Gasteiger partial charge in [0, 0.05) is 12.3 Å². The second kappa shape index (κ2) is 2.57. The molecule has 0 bridgehead atoms. The van der Waals surface area contributed by atoms with Crippen molar-refractivity contribution in [2.75, 3.05) is 0 Å². The second-order valence-corrected chi connectivity index (χ2v) is 3.82. The van der Waals surface area contributed by atoms with Gasteiger partial charge in [0.05, 0.1) is 5.92 Å². The molecule has 0 aromatic rings. The summed E-state index contributed by atoms with van der Waals surface area (Å²) in [4.78, 5) is 22.0. The first-order chi connectivity index (χ1) is 5.70. The molecule has 12 heavy (non-hydrogen) atoms. The number of aliphatic carboxylic acids is 1. The molecule has 1 N–H and O–H groups in total. The fourth-order valence-electron chi connectivity index (χ4n) is 2.66. The number of carbonyl (C=O) groups excluding carboxylic acids is 1. The normalized spacial score (nSPS) is 40.0. The van der Waals surface area contributed by atoms with Crippen molar-refractivity contribution in [1.29, 1.82) is 0 Å². The Morgan fingerprint density at radius 3 is 2.83 bits per heavy atom. The molecule has 0 saturated heterocycles. The second-order valence-electron chi connectivity index (χ2n) is 3.82. The lowest BCUT2D eigenvalue weighted by atomic mass is 9.92. The van der Waals surface area contributed by atoms with Crippen molar-refractivity contribution in [2.45, 2.75) is 25.7 Å².